The number of rotatable bonds is 2. The Kier molecular flexibility index (Phi) is 4.00. The zero-order valence-electron chi connectivity index (χ0n) is 8.71. The Morgan fingerprint density at radius 3 is 2.93 bits per heavy atom. The maximum atomic E-state index is 6.27. The summed E-state index contributed by atoms with van der Waals surface area (Å²) in [7, 11) is 0. The largest absolute Gasteiger partial charge is 0.321 e. The van der Waals surface area contributed by atoms with Crippen LogP contribution in [0.15, 0.2) is 26.9 Å². The van der Waals surface area contributed by atoms with Gasteiger partial charge in [0.15, 0.2) is 0 Å². The van der Waals surface area contributed by atoms with Crippen molar-refractivity contribution in [3.8, 4) is 0 Å². The van der Waals surface area contributed by atoms with Gasteiger partial charge in [-0.25, -0.2) is 0 Å². The molecule has 1 atom stereocenters. The lowest BCUT2D eigenvalue weighted by Crippen LogP contribution is -2.12. The van der Waals surface area contributed by atoms with Crippen molar-refractivity contribution in [2.75, 3.05) is 0 Å². The van der Waals surface area contributed by atoms with Gasteiger partial charge in [0.05, 0.1) is 9.83 Å². The zero-order chi connectivity index (χ0) is 10.7. The van der Waals surface area contributed by atoms with Crippen LogP contribution in [-0.2, 0) is 0 Å². The third kappa shape index (κ3) is 2.92. The summed E-state index contributed by atoms with van der Waals surface area (Å²) in [5.74, 6) is 0. The molecule has 3 heteroatoms. The Morgan fingerprint density at radius 2 is 2.20 bits per heavy atom. The normalized spacial score (nSPS) is 19.5. The molecule has 82 valence electrons. The molecule has 0 aliphatic heterocycles. The number of thiophene rings is 1. The van der Waals surface area contributed by atoms with Gasteiger partial charge in [0.25, 0.3) is 0 Å². The molecule has 0 saturated heterocycles. The second-order valence-corrected chi connectivity index (χ2v) is 6.33. The summed E-state index contributed by atoms with van der Waals surface area (Å²) < 4.78 is 1.17. The van der Waals surface area contributed by atoms with Gasteiger partial charge in [-0.15, -0.1) is 11.3 Å². The molecule has 2 N–H and O–H groups in total. The van der Waals surface area contributed by atoms with Gasteiger partial charge in [-0.2, -0.15) is 0 Å². The topological polar surface area (TPSA) is 26.0 Å². The highest BCUT2D eigenvalue weighted by Gasteiger charge is 2.14. The molecule has 2 rings (SSSR count). The molecule has 0 bridgehead atoms. The summed E-state index contributed by atoms with van der Waals surface area (Å²) in [4.78, 5) is 0. The molecule has 1 unspecified atom stereocenters. The summed E-state index contributed by atoms with van der Waals surface area (Å²) in [5.41, 5.74) is 8.95. The SMILES string of the molecule is NC(C1=CCCCCC1)c1csc(Br)c1. The Morgan fingerprint density at radius 1 is 1.33 bits per heavy atom. The number of hydrogen-bond acceptors (Lipinski definition) is 2. The van der Waals surface area contributed by atoms with E-state index in [2.05, 4.69) is 33.5 Å². The van der Waals surface area contributed by atoms with Gasteiger partial charge in [-0.1, -0.05) is 18.1 Å². The van der Waals surface area contributed by atoms with Crippen molar-refractivity contribution in [2.24, 2.45) is 5.73 Å². The lowest BCUT2D eigenvalue weighted by molar-refractivity contribution is 0.688. The van der Waals surface area contributed by atoms with Crippen LogP contribution in [0.25, 0.3) is 0 Å². The van der Waals surface area contributed by atoms with Gasteiger partial charge in [0.1, 0.15) is 0 Å². The molecule has 15 heavy (non-hydrogen) atoms. The Balaban J connectivity index is 2.12. The summed E-state index contributed by atoms with van der Waals surface area (Å²) in [6.45, 7) is 0. The van der Waals surface area contributed by atoms with Crippen molar-refractivity contribution in [3.63, 3.8) is 0 Å². The Labute approximate surface area is 104 Å². The van der Waals surface area contributed by atoms with E-state index in [0.717, 1.165) is 0 Å². The first-order valence-electron chi connectivity index (χ1n) is 5.46. The number of allylic oxidation sites excluding steroid dienone is 1. The summed E-state index contributed by atoms with van der Waals surface area (Å²) in [5, 5.41) is 2.15. The fourth-order valence-corrected chi connectivity index (χ4v) is 3.23. The highest BCUT2D eigenvalue weighted by Crippen LogP contribution is 2.31. The lowest BCUT2D eigenvalue weighted by Gasteiger charge is -2.13. The highest BCUT2D eigenvalue weighted by molar-refractivity contribution is 9.11. The van der Waals surface area contributed by atoms with E-state index in [9.17, 15) is 0 Å². The summed E-state index contributed by atoms with van der Waals surface area (Å²) >= 11 is 5.19. The van der Waals surface area contributed by atoms with E-state index in [1.54, 1.807) is 11.3 Å². The molecule has 1 heterocycles. The molecule has 1 aliphatic rings. The van der Waals surface area contributed by atoms with E-state index in [1.165, 1.54) is 47.0 Å². The number of nitrogens with two attached hydrogens (primary N) is 1. The minimum absolute atomic E-state index is 0.116. The van der Waals surface area contributed by atoms with Crippen LogP contribution in [-0.4, -0.2) is 0 Å². The van der Waals surface area contributed by atoms with Crippen molar-refractivity contribution in [1.82, 2.24) is 0 Å². The minimum atomic E-state index is 0.116. The van der Waals surface area contributed by atoms with Crippen LogP contribution in [0.1, 0.15) is 43.7 Å². The predicted molar refractivity (Wildman–Crippen MR) is 70.1 cm³/mol. The minimum Gasteiger partial charge on any atom is -0.321 e. The van der Waals surface area contributed by atoms with Gasteiger partial charge in [-0.05, 0) is 58.6 Å². The quantitative estimate of drug-likeness (QED) is 0.801. The zero-order valence-corrected chi connectivity index (χ0v) is 11.1. The molecule has 0 saturated carbocycles. The number of hydrogen-bond donors (Lipinski definition) is 1. The van der Waals surface area contributed by atoms with Gasteiger partial charge < -0.3 is 5.73 Å². The van der Waals surface area contributed by atoms with Crippen molar-refractivity contribution in [3.05, 3.63) is 32.4 Å². The monoisotopic (exact) mass is 285 g/mol. The second kappa shape index (κ2) is 5.28. The van der Waals surface area contributed by atoms with Gasteiger partial charge >= 0.3 is 0 Å². The van der Waals surface area contributed by atoms with Gasteiger partial charge in [0.2, 0.25) is 0 Å². The lowest BCUT2D eigenvalue weighted by atomic mass is 9.98. The molecule has 1 nitrogen and oxygen atoms in total. The second-order valence-electron chi connectivity index (χ2n) is 4.04. The van der Waals surface area contributed by atoms with E-state index in [4.69, 9.17) is 5.73 Å². The maximum absolute atomic E-state index is 6.27. The van der Waals surface area contributed by atoms with Crippen molar-refractivity contribution in [1.29, 1.82) is 0 Å². The smallest absolute Gasteiger partial charge is 0.0701 e. The molecule has 1 aliphatic carbocycles. The molecule has 1 aromatic heterocycles. The van der Waals surface area contributed by atoms with Gasteiger partial charge in [0, 0.05) is 0 Å². The fraction of sp³-hybridized carbons (Fsp3) is 0.500. The fourth-order valence-electron chi connectivity index (χ4n) is 2.02. The van der Waals surface area contributed by atoms with E-state index >= 15 is 0 Å². The summed E-state index contributed by atoms with van der Waals surface area (Å²) in [6.07, 6.45) is 8.70. The third-order valence-corrected chi connectivity index (χ3v) is 4.45. The highest BCUT2D eigenvalue weighted by atomic mass is 79.9. The first-order chi connectivity index (χ1) is 7.27. The van der Waals surface area contributed by atoms with E-state index < -0.39 is 0 Å². The standard InChI is InChI=1S/C12H16BrNS/c13-11-7-10(8-15-11)12(14)9-5-3-1-2-4-6-9/h5,7-8,12H,1-4,6,14H2. The van der Waals surface area contributed by atoms with Crippen LogP contribution in [0, 0.1) is 0 Å². The van der Waals surface area contributed by atoms with Crippen LogP contribution in [0.3, 0.4) is 0 Å². The van der Waals surface area contributed by atoms with Crippen molar-refractivity contribution >= 4 is 27.3 Å². The Bertz CT molecular complexity index is 356. The van der Waals surface area contributed by atoms with Crippen LogP contribution >= 0.6 is 27.3 Å². The first-order valence-corrected chi connectivity index (χ1v) is 7.13. The first kappa shape index (κ1) is 11.4. The molecule has 0 amide bonds. The van der Waals surface area contributed by atoms with E-state index in [1.807, 2.05) is 0 Å². The van der Waals surface area contributed by atoms with E-state index in [-0.39, 0.29) is 6.04 Å². The molecule has 0 fully saturated rings. The van der Waals surface area contributed by atoms with Gasteiger partial charge in [-0.3, -0.25) is 0 Å². The Hall–Kier alpha value is -0.120. The van der Waals surface area contributed by atoms with Crippen LogP contribution in [0.5, 0.6) is 0 Å². The predicted octanol–water partition coefficient (Wildman–Crippen LogP) is 4.40. The van der Waals surface area contributed by atoms with Crippen LogP contribution in [0.4, 0.5) is 0 Å². The molecular weight excluding hydrogens is 270 g/mol. The van der Waals surface area contributed by atoms with E-state index in [0.29, 0.717) is 0 Å². The van der Waals surface area contributed by atoms with Crippen molar-refractivity contribution in [2.45, 2.75) is 38.1 Å². The van der Waals surface area contributed by atoms with Crippen LogP contribution < -0.4 is 5.73 Å². The van der Waals surface area contributed by atoms with Crippen LogP contribution in [0.2, 0.25) is 0 Å². The average Bonchev–Trinajstić information content (AvgIpc) is 2.53. The molecule has 0 radical (unpaired) electrons. The maximum Gasteiger partial charge on any atom is 0.0701 e. The molecule has 1 aromatic rings. The number of halogens is 1. The molecule has 0 spiro atoms. The summed E-state index contributed by atoms with van der Waals surface area (Å²) in [6, 6.07) is 2.26. The molecule has 0 aromatic carbocycles. The molecular formula is C12H16BrNS. The van der Waals surface area contributed by atoms with Crippen molar-refractivity contribution < 1.29 is 0 Å². The third-order valence-electron chi connectivity index (χ3n) is 2.92. The average molecular weight is 286 g/mol.